The highest BCUT2D eigenvalue weighted by Crippen LogP contribution is 2.26. The van der Waals surface area contributed by atoms with E-state index >= 15 is 0 Å². The Morgan fingerprint density at radius 1 is 1.22 bits per heavy atom. The van der Waals surface area contributed by atoms with Crippen LogP contribution in [0.4, 0.5) is 11.8 Å². The van der Waals surface area contributed by atoms with Gasteiger partial charge in [-0.3, -0.25) is 4.79 Å². The van der Waals surface area contributed by atoms with Crippen molar-refractivity contribution in [2.24, 2.45) is 5.73 Å². The fraction of sp³-hybridized carbons (Fsp3) is 0.737. The van der Waals surface area contributed by atoms with Gasteiger partial charge in [0.05, 0.1) is 23.8 Å². The first-order chi connectivity index (χ1) is 13.1. The third kappa shape index (κ3) is 5.29. The average molecular weight is 377 g/mol. The van der Waals surface area contributed by atoms with E-state index < -0.39 is 12.0 Å². The van der Waals surface area contributed by atoms with Gasteiger partial charge in [0.1, 0.15) is 5.82 Å². The number of hydrogen-bond donors (Lipinski definition) is 4. The number of aromatic nitrogens is 2. The molecule has 0 aliphatic heterocycles. The number of nitrogens with one attached hydrogen (secondary N) is 2. The van der Waals surface area contributed by atoms with Crippen molar-refractivity contribution < 1.29 is 14.6 Å². The first kappa shape index (κ1) is 19.8. The molecule has 2 aliphatic carbocycles. The summed E-state index contributed by atoms with van der Waals surface area (Å²) < 4.78 is 5.69. The lowest BCUT2D eigenvalue weighted by molar-refractivity contribution is 0.0346. The molecule has 1 aromatic heterocycles. The average Bonchev–Trinajstić information content (AvgIpc) is 2.65. The predicted molar refractivity (Wildman–Crippen MR) is 104 cm³/mol. The maximum absolute atomic E-state index is 11.7. The Balaban J connectivity index is 1.67. The van der Waals surface area contributed by atoms with Crippen LogP contribution in [0, 0.1) is 0 Å². The summed E-state index contributed by atoms with van der Waals surface area (Å²) in [5, 5.41) is 16.8. The zero-order valence-electron chi connectivity index (χ0n) is 16.0. The molecule has 1 heterocycles. The van der Waals surface area contributed by atoms with Gasteiger partial charge in [-0.2, -0.15) is 4.98 Å². The second kappa shape index (κ2) is 9.32. The van der Waals surface area contributed by atoms with E-state index in [4.69, 9.17) is 10.5 Å². The minimum atomic E-state index is -0.577. The Labute approximate surface area is 160 Å². The van der Waals surface area contributed by atoms with Crippen molar-refractivity contribution in [3.8, 4) is 0 Å². The van der Waals surface area contributed by atoms with Gasteiger partial charge >= 0.3 is 0 Å². The number of primary amides is 1. The molecule has 2 atom stereocenters. The van der Waals surface area contributed by atoms with Gasteiger partial charge in [-0.1, -0.05) is 12.8 Å². The molecule has 2 aliphatic rings. The Morgan fingerprint density at radius 2 is 1.96 bits per heavy atom. The van der Waals surface area contributed by atoms with Crippen molar-refractivity contribution >= 4 is 17.7 Å². The summed E-state index contributed by atoms with van der Waals surface area (Å²) in [7, 11) is 0. The number of ether oxygens (including phenoxy) is 1. The minimum absolute atomic E-state index is 0.124. The van der Waals surface area contributed by atoms with Gasteiger partial charge in [-0.15, -0.1) is 0 Å². The fourth-order valence-corrected chi connectivity index (χ4v) is 3.99. The molecular formula is C19H31N5O3. The van der Waals surface area contributed by atoms with Gasteiger partial charge in [0.25, 0.3) is 5.91 Å². The summed E-state index contributed by atoms with van der Waals surface area (Å²) in [6.45, 7) is 2.78. The van der Waals surface area contributed by atoms with Gasteiger partial charge in [-0.25, -0.2) is 4.98 Å². The van der Waals surface area contributed by atoms with E-state index in [1.165, 1.54) is 6.20 Å². The summed E-state index contributed by atoms with van der Waals surface area (Å²) in [4.78, 5) is 20.5. The number of hydrogen-bond acceptors (Lipinski definition) is 7. The Hall–Kier alpha value is -1.93. The number of carbonyl (C=O) groups is 1. The molecule has 0 spiro atoms. The van der Waals surface area contributed by atoms with E-state index in [1.807, 2.05) is 6.92 Å². The maximum atomic E-state index is 11.7. The lowest BCUT2D eigenvalue weighted by Crippen LogP contribution is -2.37. The summed E-state index contributed by atoms with van der Waals surface area (Å²) >= 11 is 0. The standard InChI is InChI=1S/C19H31N5O3/c1-2-27-13-9-7-12(8-10-13)22-19-21-11-14(17(20)26)18(24-19)23-15-5-3-4-6-16(15)25/h11-13,15-16,25H,2-10H2,1H3,(H2,20,26)(H2,21,22,23,24)/t12?,13?,15-,16-/m0/s1. The molecule has 0 radical (unpaired) electrons. The van der Waals surface area contributed by atoms with Crippen LogP contribution in [0.25, 0.3) is 0 Å². The quantitative estimate of drug-likeness (QED) is 0.573. The smallest absolute Gasteiger partial charge is 0.254 e. The van der Waals surface area contributed by atoms with Crippen molar-refractivity contribution in [3.05, 3.63) is 11.8 Å². The Kier molecular flexibility index (Phi) is 6.84. The molecule has 0 bridgehead atoms. The number of anilines is 2. The second-order valence-electron chi connectivity index (χ2n) is 7.50. The van der Waals surface area contributed by atoms with Crippen LogP contribution in [0.2, 0.25) is 0 Å². The molecular weight excluding hydrogens is 346 g/mol. The van der Waals surface area contributed by atoms with Gasteiger partial charge in [0, 0.05) is 18.8 Å². The van der Waals surface area contributed by atoms with Crippen molar-refractivity contribution in [1.29, 1.82) is 0 Å². The molecule has 1 aromatic rings. The van der Waals surface area contributed by atoms with E-state index in [-0.39, 0.29) is 17.6 Å². The molecule has 3 rings (SSSR count). The molecule has 5 N–H and O–H groups in total. The molecule has 2 saturated carbocycles. The highest BCUT2D eigenvalue weighted by Gasteiger charge is 2.26. The first-order valence-electron chi connectivity index (χ1n) is 10.1. The molecule has 8 nitrogen and oxygen atoms in total. The predicted octanol–water partition coefficient (Wildman–Crippen LogP) is 2.05. The van der Waals surface area contributed by atoms with Crippen LogP contribution in [0.3, 0.4) is 0 Å². The number of nitrogens with zero attached hydrogens (tertiary/aromatic N) is 2. The molecule has 1 amide bonds. The number of carbonyl (C=O) groups excluding carboxylic acids is 1. The van der Waals surface area contributed by atoms with Crippen LogP contribution >= 0.6 is 0 Å². The van der Waals surface area contributed by atoms with Crippen LogP contribution < -0.4 is 16.4 Å². The number of aliphatic hydroxyl groups excluding tert-OH is 1. The van der Waals surface area contributed by atoms with Crippen molar-refractivity contribution in [3.63, 3.8) is 0 Å². The number of rotatable bonds is 7. The monoisotopic (exact) mass is 377 g/mol. The van der Waals surface area contributed by atoms with E-state index in [1.54, 1.807) is 0 Å². The van der Waals surface area contributed by atoms with Crippen molar-refractivity contribution in [2.45, 2.75) is 82.6 Å². The van der Waals surface area contributed by atoms with Gasteiger partial charge in [0.2, 0.25) is 5.95 Å². The third-order valence-corrected chi connectivity index (χ3v) is 5.52. The fourth-order valence-electron chi connectivity index (χ4n) is 3.99. The third-order valence-electron chi connectivity index (χ3n) is 5.52. The zero-order chi connectivity index (χ0) is 19.2. The maximum Gasteiger partial charge on any atom is 0.254 e. The van der Waals surface area contributed by atoms with Crippen LogP contribution in [-0.4, -0.2) is 51.9 Å². The van der Waals surface area contributed by atoms with Crippen molar-refractivity contribution in [1.82, 2.24) is 9.97 Å². The van der Waals surface area contributed by atoms with Crippen LogP contribution in [0.1, 0.15) is 68.6 Å². The summed E-state index contributed by atoms with van der Waals surface area (Å²) in [5.41, 5.74) is 5.73. The van der Waals surface area contributed by atoms with Crippen LogP contribution in [0.15, 0.2) is 6.20 Å². The Bertz CT molecular complexity index is 634. The normalized spacial score (nSPS) is 28.5. The van der Waals surface area contributed by atoms with Gasteiger partial charge in [-0.05, 0) is 45.4 Å². The number of amides is 1. The zero-order valence-corrected chi connectivity index (χ0v) is 16.0. The van der Waals surface area contributed by atoms with E-state index in [0.717, 1.165) is 58.0 Å². The SMILES string of the molecule is CCOC1CCC(Nc2ncc(C(N)=O)c(N[C@H]3CCCC[C@@H]3O)n2)CC1. The number of nitrogens with two attached hydrogens (primary N) is 1. The molecule has 8 heteroatoms. The largest absolute Gasteiger partial charge is 0.391 e. The van der Waals surface area contributed by atoms with Crippen molar-refractivity contribution in [2.75, 3.05) is 17.2 Å². The van der Waals surface area contributed by atoms with E-state index in [2.05, 4.69) is 20.6 Å². The summed E-state index contributed by atoms with van der Waals surface area (Å²) in [6.07, 6.45) is 9.04. The van der Waals surface area contributed by atoms with Gasteiger partial charge < -0.3 is 26.2 Å². The minimum Gasteiger partial charge on any atom is -0.391 e. The summed E-state index contributed by atoms with van der Waals surface area (Å²) in [6, 6.07) is 0.162. The second-order valence-corrected chi connectivity index (χ2v) is 7.50. The molecule has 2 fully saturated rings. The molecule has 150 valence electrons. The summed E-state index contributed by atoms with van der Waals surface area (Å²) in [5.74, 6) is 0.299. The van der Waals surface area contributed by atoms with E-state index in [9.17, 15) is 9.90 Å². The molecule has 0 saturated heterocycles. The highest BCUT2D eigenvalue weighted by molar-refractivity contribution is 5.97. The number of aliphatic hydroxyl groups is 1. The topological polar surface area (TPSA) is 122 Å². The van der Waals surface area contributed by atoms with E-state index in [0.29, 0.717) is 17.9 Å². The molecule has 0 unspecified atom stereocenters. The Morgan fingerprint density at radius 3 is 2.63 bits per heavy atom. The van der Waals surface area contributed by atoms with Crippen LogP contribution in [0.5, 0.6) is 0 Å². The lowest BCUT2D eigenvalue weighted by Gasteiger charge is -2.30. The first-order valence-corrected chi connectivity index (χ1v) is 10.1. The van der Waals surface area contributed by atoms with Crippen LogP contribution in [-0.2, 0) is 4.74 Å². The molecule has 27 heavy (non-hydrogen) atoms. The highest BCUT2D eigenvalue weighted by atomic mass is 16.5. The lowest BCUT2D eigenvalue weighted by atomic mass is 9.92. The van der Waals surface area contributed by atoms with Gasteiger partial charge in [0.15, 0.2) is 0 Å². The molecule has 0 aromatic carbocycles.